The largest absolute Gasteiger partial charge is 0.310 e. The van der Waals surface area contributed by atoms with Gasteiger partial charge in [-0.3, -0.25) is 0 Å². The first-order valence-corrected chi connectivity index (χ1v) is 20.9. The van der Waals surface area contributed by atoms with Crippen molar-refractivity contribution in [1.82, 2.24) is 0 Å². The Morgan fingerprint density at radius 3 is 1.60 bits per heavy atom. The van der Waals surface area contributed by atoms with Gasteiger partial charge in [0.2, 0.25) is 0 Å². The summed E-state index contributed by atoms with van der Waals surface area (Å²) in [6.45, 7) is 4.72. The van der Waals surface area contributed by atoms with Gasteiger partial charge in [-0.1, -0.05) is 202 Å². The Hall–Kier alpha value is -7.48. The van der Waals surface area contributed by atoms with Crippen molar-refractivity contribution in [3.05, 3.63) is 236 Å². The Morgan fingerprint density at radius 2 is 0.833 bits per heavy atom. The third kappa shape index (κ3) is 5.93. The summed E-state index contributed by atoms with van der Waals surface area (Å²) < 4.78 is 0. The van der Waals surface area contributed by atoms with Gasteiger partial charge in [-0.05, 0) is 119 Å². The van der Waals surface area contributed by atoms with Crippen LogP contribution in [0.4, 0.5) is 17.1 Å². The molecule has 1 aliphatic carbocycles. The van der Waals surface area contributed by atoms with Crippen LogP contribution >= 0.6 is 0 Å². The number of rotatable bonds is 7. The van der Waals surface area contributed by atoms with Gasteiger partial charge in [0.15, 0.2) is 0 Å². The SMILES string of the molecule is CC1(C)c2ccccc2-c2c(-c3ccc(N(c4ccc(-c5cccc(-c6ccccc6)c5)cc4)c4ccc(-c5cccc6ccccc56)cc4)c4ccccc34)cccc21. The molecule has 0 fully saturated rings. The third-order valence-electron chi connectivity index (χ3n) is 12.7. The fourth-order valence-corrected chi connectivity index (χ4v) is 9.70. The quantitative estimate of drug-likeness (QED) is 0.156. The van der Waals surface area contributed by atoms with E-state index in [1.165, 1.54) is 88.3 Å². The monoisotopic (exact) mass is 765 g/mol. The molecule has 0 saturated carbocycles. The normalized spacial score (nSPS) is 12.6. The molecule has 284 valence electrons. The number of hydrogen-bond acceptors (Lipinski definition) is 1. The van der Waals surface area contributed by atoms with Crippen LogP contribution in [0, 0.1) is 0 Å². The zero-order valence-electron chi connectivity index (χ0n) is 33.8. The lowest BCUT2D eigenvalue weighted by Gasteiger charge is -2.28. The maximum absolute atomic E-state index is 2.43. The van der Waals surface area contributed by atoms with E-state index in [0.29, 0.717) is 0 Å². The molecule has 0 amide bonds. The van der Waals surface area contributed by atoms with Crippen molar-refractivity contribution in [2.75, 3.05) is 4.90 Å². The van der Waals surface area contributed by atoms with Gasteiger partial charge in [-0.2, -0.15) is 0 Å². The van der Waals surface area contributed by atoms with E-state index in [9.17, 15) is 0 Å². The molecular weight excluding hydrogens is 723 g/mol. The van der Waals surface area contributed by atoms with E-state index in [0.717, 1.165) is 17.1 Å². The van der Waals surface area contributed by atoms with E-state index in [4.69, 9.17) is 0 Å². The van der Waals surface area contributed by atoms with Gasteiger partial charge in [0.25, 0.3) is 0 Å². The van der Waals surface area contributed by atoms with Crippen molar-refractivity contribution in [3.63, 3.8) is 0 Å². The van der Waals surface area contributed by atoms with Gasteiger partial charge < -0.3 is 4.90 Å². The van der Waals surface area contributed by atoms with Gasteiger partial charge in [0, 0.05) is 22.2 Å². The molecule has 0 unspecified atom stereocenters. The zero-order valence-corrected chi connectivity index (χ0v) is 33.8. The van der Waals surface area contributed by atoms with Crippen molar-refractivity contribution in [2.24, 2.45) is 0 Å². The van der Waals surface area contributed by atoms with Crippen LogP contribution in [-0.2, 0) is 5.41 Å². The second-order valence-corrected chi connectivity index (χ2v) is 16.5. The standard InChI is InChI=1S/C59H43N/c1-59(2)55-27-11-10-24-54(55)58-53(26-14-28-56(58)59)51-37-38-57(52-23-9-8-22-50(51)52)60(47-35-31-43(32-36-47)49-25-13-18-42-17-6-7-21-48(42)49)46-33-29-41(30-34-46)45-20-12-19-44(39-45)40-15-4-3-5-16-40/h3-39H,1-2H3. The molecule has 10 aromatic rings. The van der Waals surface area contributed by atoms with Crippen molar-refractivity contribution < 1.29 is 0 Å². The number of anilines is 3. The molecule has 0 aromatic heterocycles. The second kappa shape index (κ2) is 14.4. The minimum Gasteiger partial charge on any atom is -0.310 e. The van der Waals surface area contributed by atoms with Gasteiger partial charge in [0.1, 0.15) is 0 Å². The summed E-state index contributed by atoms with van der Waals surface area (Å²) in [5.74, 6) is 0. The maximum atomic E-state index is 2.43. The van der Waals surface area contributed by atoms with Crippen LogP contribution in [0.5, 0.6) is 0 Å². The Bertz CT molecular complexity index is 3200. The topological polar surface area (TPSA) is 3.24 Å². The molecule has 0 heterocycles. The summed E-state index contributed by atoms with van der Waals surface area (Å²) in [4.78, 5) is 2.43. The zero-order chi connectivity index (χ0) is 40.2. The van der Waals surface area contributed by atoms with E-state index < -0.39 is 0 Å². The van der Waals surface area contributed by atoms with E-state index >= 15 is 0 Å². The molecule has 60 heavy (non-hydrogen) atoms. The molecule has 0 spiro atoms. The van der Waals surface area contributed by atoms with E-state index in [1.807, 2.05) is 0 Å². The Morgan fingerprint density at radius 1 is 0.317 bits per heavy atom. The Labute approximate surface area is 352 Å². The van der Waals surface area contributed by atoms with Crippen molar-refractivity contribution in [3.8, 4) is 55.6 Å². The van der Waals surface area contributed by atoms with Gasteiger partial charge >= 0.3 is 0 Å². The van der Waals surface area contributed by atoms with Crippen LogP contribution in [0.15, 0.2) is 224 Å². The average Bonchev–Trinajstić information content (AvgIpc) is 3.55. The highest BCUT2D eigenvalue weighted by Gasteiger charge is 2.36. The van der Waals surface area contributed by atoms with E-state index in [2.05, 4.69) is 243 Å². The van der Waals surface area contributed by atoms with Crippen molar-refractivity contribution in [1.29, 1.82) is 0 Å². The first kappa shape index (κ1) is 35.7. The minimum absolute atomic E-state index is 0.0678. The Balaban J connectivity index is 1.06. The molecule has 1 aliphatic rings. The van der Waals surface area contributed by atoms with E-state index in [1.54, 1.807) is 0 Å². The molecule has 0 saturated heterocycles. The molecule has 0 N–H and O–H groups in total. The van der Waals surface area contributed by atoms with Crippen molar-refractivity contribution >= 4 is 38.6 Å². The van der Waals surface area contributed by atoms with Crippen LogP contribution in [0.2, 0.25) is 0 Å². The number of benzene rings is 10. The summed E-state index contributed by atoms with van der Waals surface area (Å²) in [5.41, 5.74) is 18.5. The van der Waals surface area contributed by atoms with Gasteiger partial charge in [0.05, 0.1) is 5.69 Å². The molecular formula is C59H43N. The molecule has 11 rings (SSSR count). The lowest BCUT2D eigenvalue weighted by atomic mass is 9.82. The summed E-state index contributed by atoms with van der Waals surface area (Å²) >= 11 is 0. The van der Waals surface area contributed by atoms with Crippen LogP contribution in [0.25, 0.3) is 77.2 Å². The molecule has 0 aliphatic heterocycles. The summed E-state index contributed by atoms with van der Waals surface area (Å²) in [7, 11) is 0. The summed E-state index contributed by atoms with van der Waals surface area (Å²) in [6, 6.07) is 82.3. The van der Waals surface area contributed by atoms with Gasteiger partial charge in [-0.25, -0.2) is 0 Å². The Kier molecular flexibility index (Phi) is 8.57. The third-order valence-corrected chi connectivity index (χ3v) is 12.7. The molecule has 1 nitrogen and oxygen atoms in total. The number of hydrogen-bond donors (Lipinski definition) is 0. The molecule has 0 atom stereocenters. The smallest absolute Gasteiger partial charge is 0.0540 e. The van der Waals surface area contributed by atoms with Gasteiger partial charge in [-0.15, -0.1) is 0 Å². The fraction of sp³-hybridized carbons (Fsp3) is 0.0508. The molecule has 1 heteroatoms. The first-order valence-electron chi connectivity index (χ1n) is 20.9. The van der Waals surface area contributed by atoms with Crippen LogP contribution < -0.4 is 4.90 Å². The predicted molar refractivity (Wildman–Crippen MR) is 255 cm³/mol. The lowest BCUT2D eigenvalue weighted by molar-refractivity contribution is 0.660. The van der Waals surface area contributed by atoms with Crippen LogP contribution in [-0.4, -0.2) is 0 Å². The highest BCUT2D eigenvalue weighted by atomic mass is 15.1. The summed E-state index contributed by atoms with van der Waals surface area (Å²) in [5, 5.41) is 4.95. The molecule has 10 aromatic carbocycles. The average molecular weight is 766 g/mol. The number of fused-ring (bicyclic) bond motifs is 5. The predicted octanol–water partition coefficient (Wildman–Crippen LogP) is 16.4. The fourth-order valence-electron chi connectivity index (χ4n) is 9.70. The first-order chi connectivity index (χ1) is 29.5. The second-order valence-electron chi connectivity index (χ2n) is 16.5. The van der Waals surface area contributed by atoms with Crippen LogP contribution in [0.3, 0.4) is 0 Å². The number of nitrogens with zero attached hydrogens (tertiary/aromatic N) is 1. The molecule has 0 bridgehead atoms. The highest BCUT2D eigenvalue weighted by molar-refractivity contribution is 6.09. The minimum atomic E-state index is -0.0678. The lowest BCUT2D eigenvalue weighted by Crippen LogP contribution is -2.14. The maximum Gasteiger partial charge on any atom is 0.0540 e. The van der Waals surface area contributed by atoms with E-state index in [-0.39, 0.29) is 5.41 Å². The van der Waals surface area contributed by atoms with Crippen LogP contribution in [0.1, 0.15) is 25.0 Å². The van der Waals surface area contributed by atoms with Crippen molar-refractivity contribution in [2.45, 2.75) is 19.3 Å². The molecule has 0 radical (unpaired) electrons. The highest BCUT2D eigenvalue weighted by Crippen LogP contribution is 2.53. The summed E-state index contributed by atoms with van der Waals surface area (Å²) in [6.07, 6.45) is 0.